The van der Waals surface area contributed by atoms with Crippen molar-refractivity contribution in [2.45, 2.75) is 69.3 Å². The highest BCUT2D eigenvalue weighted by atomic mass is 32.2. The van der Waals surface area contributed by atoms with E-state index in [2.05, 4.69) is 10.6 Å². The summed E-state index contributed by atoms with van der Waals surface area (Å²) in [5.74, 6) is -0.866. The van der Waals surface area contributed by atoms with Gasteiger partial charge in [-0.3, -0.25) is 9.59 Å². The zero-order chi connectivity index (χ0) is 28.3. The van der Waals surface area contributed by atoms with Gasteiger partial charge in [0.2, 0.25) is 5.91 Å². The third-order valence-electron chi connectivity index (χ3n) is 6.89. The Bertz CT molecular complexity index is 1410. The Morgan fingerprint density at radius 3 is 2.59 bits per heavy atom. The maximum atomic E-state index is 13.3. The fourth-order valence-corrected chi connectivity index (χ4v) is 6.50. The summed E-state index contributed by atoms with van der Waals surface area (Å²) >= 11 is 0. The van der Waals surface area contributed by atoms with Gasteiger partial charge in [0.15, 0.2) is 12.0 Å². The van der Waals surface area contributed by atoms with Gasteiger partial charge in [0.05, 0.1) is 12.1 Å². The van der Waals surface area contributed by atoms with E-state index < -0.39 is 51.1 Å². The van der Waals surface area contributed by atoms with E-state index in [1.807, 2.05) is 26.0 Å². The van der Waals surface area contributed by atoms with Crippen LogP contribution in [0.2, 0.25) is 0 Å². The number of hydrogen-bond donors (Lipinski definition) is 3. The quantitative estimate of drug-likeness (QED) is 0.282. The summed E-state index contributed by atoms with van der Waals surface area (Å²) in [5, 5.41) is 29.0. The highest BCUT2D eigenvalue weighted by Gasteiger charge is 2.40. The van der Waals surface area contributed by atoms with Crippen molar-refractivity contribution in [3.8, 4) is 0 Å². The maximum Gasteiger partial charge on any atom is 0.323 e. The van der Waals surface area contributed by atoms with E-state index in [4.69, 9.17) is 4.42 Å². The molecule has 2 aromatic heterocycles. The van der Waals surface area contributed by atoms with E-state index >= 15 is 0 Å². The predicted octanol–water partition coefficient (Wildman–Crippen LogP) is 1.93. The number of aliphatic hydroxyl groups excluding tert-OH is 1. The van der Waals surface area contributed by atoms with Crippen LogP contribution in [-0.4, -0.2) is 60.4 Å². The number of carbonyl (C=O) groups excluding carboxylic acids is 2. The van der Waals surface area contributed by atoms with Crippen molar-refractivity contribution in [2.75, 3.05) is 6.54 Å². The summed E-state index contributed by atoms with van der Waals surface area (Å²) in [6.45, 7) is 5.24. The number of fused-ring (bicyclic) bond motifs is 1. The van der Waals surface area contributed by atoms with E-state index in [1.165, 1.54) is 18.2 Å². The Morgan fingerprint density at radius 1 is 1.18 bits per heavy atom. The van der Waals surface area contributed by atoms with Crippen molar-refractivity contribution in [3.05, 3.63) is 65.7 Å². The molecule has 1 aliphatic heterocycles. The second kappa shape index (κ2) is 11.7. The smallest absolute Gasteiger partial charge is 0.323 e. The van der Waals surface area contributed by atoms with Crippen molar-refractivity contribution in [3.63, 3.8) is 0 Å². The monoisotopic (exact) mass is 558 g/mol. The average Bonchev–Trinajstić information content (AvgIpc) is 3.27. The molecule has 39 heavy (non-hydrogen) atoms. The summed E-state index contributed by atoms with van der Waals surface area (Å²) in [7, 11) is -4.20. The number of nitrogens with zero attached hydrogens (tertiary/aromatic N) is 2. The second-order valence-electron chi connectivity index (χ2n) is 10.4. The molecule has 4 atom stereocenters. The van der Waals surface area contributed by atoms with Crippen molar-refractivity contribution >= 4 is 32.8 Å². The van der Waals surface area contributed by atoms with Crippen LogP contribution in [0.25, 0.3) is 11.0 Å². The molecule has 3 N–H and O–H groups in total. The van der Waals surface area contributed by atoms with Crippen molar-refractivity contribution < 1.29 is 32.3 Å². The number of carbonyl (C=O) groups is 2. The average molecular weight is 559 g/mol. The second-order valence-corrected chi connectivity index (χ2v) is 12.2. The summed E-state index contributed by atoms with van der Waals surface area (Å²) < 4.78 is 33.5. The van der Waals surface area contributed by atoms with Crippen molar-refractivity contribution in [2.24, 2.45) is 5.92 Å². The number of amides is 2. The van der Waals surface area contributed by atoms with Gasteiger partial charge in [-0.15, -0.1) is 0 Å². The summed E-state index contributed by atoms with van der Waals surface area (Å²) in [6, 6.07) is 10.7. The number of aromatic nitrogens is 1. The van der Waals surface area contributed by atoms with Crippen LogP contribution in [0.5, 0.6) is 0 Å². The molecule has 0 radical (unpaired) electrons. The number of rotatable bonds is 8. The van der Waals surface area contributed by atoms with Gasteiger partial charge >= 0.3 is 15.0 Å². The lowest BCUT2D eigenvalue weighted by Gasteiger charge is -2.28. The number of nitrogens with one attached hydrogen (secondary N) is 2. The molecule has 1 fully saturated rings. The molecule has 12 heteroatoms. The number of β-amino-alcohol motifs (C(OH)–C–C–N with tert-alkyl or cyclic N) is 1. The molecule has 3 heterocycles. The Hall–Kier alpha value is -3.48. The molecule has 1 aromatic carbocycles. The largest absolute Gasteiger partial charge is 0.618 e. The fraction of sp³-hybridized carbons (Fsp3) is 0.444. The van der Waals surface area contributed by atoms with Gasteiger partial charge in [-0.25, -0.2) is 8.42 Å². The van der Waals surface area contributed by atoms with Crippen molar-refractivity contribution in [1.29, 1.82) is 0 Å². The van der Waals surface area contributed by atoms with Gasteiger partial charge in [0.1, 0.15) is 11.6 Å². The van der Waals surface area contributed by atoms with E-state index in [0.29, 0.717) is 24.8 Å². The Morgan fingerprint density at radius 2 is 1.90 bits per heavy atom. The van der Waals surface area contributed by atoms with Gasteiger partial charge in [0, 0.05) is 30.1 Å². The van der Waals surface area contributed by atoms with Crippen LogP contribution < -0.4 is 15.4 Å². The molecule has 210 valence electrons. The van der Waals surface area contributed by atoms with E-state index in [9.17, 15) is 28.3 Å². The summed E-state index contributed by atoms with van der Waals surface area (Å²) in [5.41, 5.74) is 0.556. The normalized spacial score (nSPS) is 21.4. The number of aliphatic hydroxyl groups is 1. The zero-order valence-corrected chi connectivity index (χ0v) is 22.9. The SMILES string of the molecule is CC(C)C[C@H](NC(=O)c1cc2ccccc2o1)C(=O)N[C@H]1CC[C@@H](C)N(S(=O)(=O)c2cccc[n+]2[O-])C[C@@H]1O. The van der Waals surface area contributed by atoms with Gasteiger partial charge in [-0.2, -0.15) is 9.04 Å². The minimum atomic E-state index is -4.20. The molecule has 0 spiro atoms. The Labute approximate surface area is 227 Å². The minimum absolute atomic E-state index is 0.0705. The number of hydrogen-bond acceptors (Lipinski definition) is 7. The first-order valence-corrected chi connectivity index (χ1v) is 14.4. The highest BCUT2D eigenvalue weighted by Crippen LogP contribution is 2.24. The lowest BCUT2D eigenvalue weighted by atomic mass is 10.0. The number of furan rings is 1. The summed E-state index contributed by atoms with van der Waals surface area (Å²) in [6.07, 6.45) is 0.854. The first-order valence-electron chi connectivity index (χ1n) is 12.9. The van der Waals surface area contributed by atoms with Gasteiger partial charge < -0.3 is 25.4 Å². The molecule has 1 aliphatic rings. The Kier molecular flexibility index (Phi) is 8.57. The summed E-state index contributed by atoms with van der Waals surface area (Å²) in [4.78, 5) is 26.3. The number of sulfonamides is 1. The molecule has 4 rings (SSSR count). The number of benzene rings is 1. The molecule has 0 unspecified atom stereocenters. The molecule has 2 amide bonds. The molecule has 0 aliphatic carbocycles. The van der Waals surface area contributed by atoms with Crippen LogP contribution >= 0.6 is 0 Å². The van der Waals surface area contributed by atoms with Crippen LogP contribution in [0.4, 0.5) is 0 Å². The first-order chi connectivity index (χ1) is 18.5. The zero-order valence-electron chi connectivity index (χ0n) is 22.1. The molecule has 11 nitrogen and oxygen atoms in total. The van der Waals surface area contributed by atoms with E-state index in [1.54, 1.807) is 25.1 Å². The number of para-hydroxylation sites is 1. The highest BCUT2D eigenvalue weighted by molar-refractivity contribution is 7.89. The van der Waals surface area contributed by atoms with Crippen LogP contribution in [0.1, 0.15) is 50.6 Å². The van der Waals surface area contributed by atoms with Crippen LogP contribution in [0.3, 0.4) is 0 Å². The topological polar surface area (TPSA) is 156 Å². The third-order valence-corrected chi connectivity index (χ3v) is 8.86. The predicted molar refractivity (Wildman–Crippen MR) is 143 cm³/mol. The van der Waals surface area contributed by atoms with E-state index in [0.717, 1.165) is 15.9 Å². The van der Waals surface area contributed by atoms with Crippen LogP contribution in [0, 0.1) is 11.1 Å². The third kappa shape index (κ3) is 6.40. The molecule has 0 bridgehead atoms. The standard InChI is InChI=1S/C27H34N4O7S/c1-17(2)14-21(29-27(34)24-15-19-8-4-5-9-23(19)38-24)26(33)28-20-12-11-18(3)31(16-22(20)32)39(36,37)25-10-6-7-13-30(25)35/h4-10,13,15,17-18,20-22,32H,11-12,14,16H2,1-3H3,(H,28,33)(H,29,34)/t18-,20+,21+,22+/m1/s1. The Balaban J connectivity index is 1.47. The van der Waals surface area contributed by atoms with E-state index in [-0.39, 0.29) is 23.0 Å². The van der Waals surface area contributed by atoms with Crippen molar-refractivity contribution in [1.82, 2.24) is 14.9 Å². The lowest BCUT2D eigenvalue weighted by molar-refractivity contribution is -0.646. The molecule has 3 aromatic rings. The van der Waals surface area contributed by atoms with Gasteiger partial charge in [-0.1, -0.05) is 32.0 Å². The van der Waals surface area contributed by atoms with Gasteiger partial charge in [0.25, 0.3) is 5.91 Å². The molecule has 1 saturated heterocycles. The maximum absolute atomic E-state index is 13.3. The number of pyridine rings is 1. The fourth-order valence-electron chi connectivity index (χ4n) is 4.79. The molecule has 0 saturated carbocycles. The molecular formula is C27H34N4O7S. The molecular weight excluding hydrogens is 524 g/mol. The van der Waals surface area contributed by atoms with Crippen LogP contribution in [-0.2, 0) is 14.8 Å². The first kappa shape index (κ1) is 28.5. The van der Waals surface area contributed by atoms with Gasteiger partial charge in [-0.05, 0) is 50.3 Å². The van der Waals surface area contributed by atoms with Crippen LogP contribution in [0.15, 0.2) is 64.2 Å². The minimum Gasteiger partial charge on any atom is -0.618 e. The lowest BCUT2D eigenvalue weighted by Crippen LogP contribution is -2.54.